The molecule has 9 nitrogen and oxygen atoms in total. The van der Waals surface area contributed by atoms with Gasteiger partial charge < -0.3 is 5.11 Å². The van der Waals surface area contributed by atoms with Crippen LogP contribution >= 0.6 is 0 Å². The Balaban J connectivity index is 2.02. The topological polar surface area (TPSA) is 115 Å². The number of nitrogens with one attached hydrogen (secondary N) is 1. The van der Waals surface area contributed by atoms with E-state index in [4.69, 9.17) is 20.0 Å². The van der Waals surface area contributed by atoms with Crippen molar-refractivity contribution < 1.29 is 24.4 Å². The number of carbonyl (C=O) groups excluding carboxylic acids is 1. The number of carboxylic acids is 1. The van der Waals surface area contributed by atoms with Crippen LogP contribution in [0.15, 0.2) is 36.0 Å². The first-order valence-electron chi connectivity index (χ1n) is 6.98. The molecule has 0 saturated carbocycles. The molecular weight excluding hydrogens is 316 g/mol. The van der Waals surface area contributed by atoms with Gasteiger partial charge in [-0.15, -0.1) is 0 Å². The van der Waals surface area contributed by atoms with E-state index in [1.807, 2.05) is 6.07 Å². The summed E-state index contributed by atoms with van der Waals surface area (Å²) in [5, 5.41) is 19.6. The van der Waals surface area contributed by atoms with Crippen LogP contribution in [0.1, 0.15) is 18.1 Å². The van der Waals surface area contributed by atoms with Crippen LogP contribution in [0.25, 0.3) is 0 Å². The Morgan fingerprint density at radius 1 is 1.46 bits per heavy atom. The van der Waals surface area contributed by atoms with Gasteiger partial charge in [0.2, 0.25) is 0 Å². The van der Waals surface area contributed by atoms with Crippen LogP contribution in [0.5, 0.6) is 0 Å². The van der Waals surface area contributed by atoms with Gasteiger partial charge in [-0.1, -0.05) is 12.1 Å². The maximum Gasteiger partial charge on any atom is 0.362 e. The highest BCUT2D eigenvalue weighted by molar-refractivity contribution is 5.86. The van der Waals surface area contributed by atoms with Gasteiger partial charge in [0.25, 0.3) is 0 Å². The normalized spacial score (nSPS) is 16.3. The summed E-state index contributed by atoms with van der Waals surface area (Å²) >= 11 is 0. The van der Waals surface area contributed by atoms with Crippen molar-refractivity contribution in [2.24, 2.45) is 0 Å². The second kappa shape index (κ2) is 7.45. The zero-order valence-electron chi connectivity index (χ0n) is 13.1. The van der Waals surface area contributed by atoms with Gasteiger partial charge in [0, 0.05) is 0 Å². The molecule has 1 aromatic rings. The summed E-state index contributed by atoms with van der Waals surface area (Å²) in [5.41, 5.74) is 3.35. The molecule has 1 aliphatic rings. The number of hydrogen-bond acceptors (Lipinski definition) is 6. The molecule has 0 aliphatic carbocycles. The Bertz CT molecular complexity index is 695. The maximum atomic E-state index is 12.2. The number of urea groups is 1. The number of rotatable bonds is 5. The molecule has 0 radical (unpaired) electrons. The number of benzene rings is 1. The number of hydrogen-bond donors (Lipinski definition) is 2. The van der Waals surface area contributed by atoms with Gasteiger partial charge in [-0.2, -0.15) is 15.5 Å². The van der Waals surface area contributed by atoms with E-state index in [2.05, 4.69) is 5.43 Å². The molecule has 2 amide bonds. The fourth-order valence-electron chi connectivity index (χ4n) is 2.00. The summed E-state index contributed by atoms with van der Waals surface area (Å²) in [7, 11) is 1.31. The standard InChI is InChI=1S/C15H16N4O5/c1-10-7-13(14(20)21)19(24-10)17-15(22)18(23-2)9-12-5-3-11(8-16)4-6-12/h3-7,10H,9H2,1-2H3,(H,17,22)(H,20,21). The zero-order valence-corrected chi connectivity index (χ0v) is 13.1. The number of nitriles is 1. The summed E-state index contributed by atoms with van der Waals surface area (Å²) in [5.74, 6) is -1.23. The average Bonchev–Trinajstić information content (AvgIpc) is 2.93. The van der Waals surface area contributed by atoms with Gasteiger partial charge in [-0.3, -0.25) is 4.84 Å². The summed E-state index contributed by atoms with van der Waals surface area (Å²) in [6.45, 7) is 1.74. The van der Waals surface area contributed by atoms with Crippen molar-refractivity contribution in [3.05, 3.63) is 47.2 Å². The highest BCUT2D eigenvalue weighted by Gasteiger charge is 2.30. The SMILES string of the molecule is CON(Cc1ccc(C#N)cc1)C(=O)NN1OC(C)C=C1C(=O)O. The molecule has 0 saturated heterocycles. The van der Waals surface area contributed by atoms with Gasteiger partial charge in [0.15, 0.2) is 5.70 Å². The molecule has 1 unspecified atom stereocenters. The summed E-state index contributed by atoms with van der Waals surface area (Å²) in [4.78, 5) is 33.5. The zero-order chi connectivity index (χ0) is 17.7. The third kappa shape index (κ3) is 4.01. The molecule has 24 heavy (non-hydrogen) atoms. The Hall–Kier alpha value is -3.09. The van der Waals surface area contributed by atoms with E-state index in [0.717, 1.165) is 15.8 Å². The fraction of sp³-hybridized carbons (Fsp3) is 0.267. The first-order chi connectivity index (χ1) is 11.4. The summed E-state index contributed by atoms with van der Waals surface area (Å²) in [6, 6.07) is 7.92. The fourth-order valence-corrected chi connectivity index (χ4v) is 2.00. The Kier molecular flexibility index (Phi) is 5.36. The van der Waals surface area contributed by atoms with Crippen LogP contribution in [-0.2, 0) is 21.0 Å². The van der Waals surface area contributed by atoms with Crippen molar-refractivity contribution in [1.82, 2.24) is 15.7 Å². The Labute approximate surface area is 138 Å². The molecule has 0 spiro atoms. The summed E-state index contributed by atoms with van der Waals surface area (Å²) < 4.78 is 0. The molecule has 1 heterocycles. The largest absolute Gasteiger partial charge is 0.476 e. The van der Waals surface area contributed by atoms with Gasteiger partial charge in [0.1, 0.15) is 6.10 Å². The molecule has 0 bridgehead atoms. The highest BCUT2D eigenvalue weighted by atomic mass is 16.7. The molecule has 9 heteroatoms. The third-order valence-electron chi connectivity index (χ3n) is 3.16. The molecular formula is C15H16N4O5. The predicted molar refractivity (Wildman–Crippen MR) is 80.3 cm³/mol. The highest BCUT2D eigenvalue weighted by Crippen LogP contribution is 2.16. The van der Waals surface area contributed by atoms with Crippen molar-refractivity contribution in [2.75, 3.05) is 7.11 Å². The van der Waals surface area contributed by atoms with Crippen molar-refractivity contribution in [2.45, 2.75) is 19.6 Å². The number of hydroxylamine groups is 3. The van der Waals surface area contributed by atoms with Gasteiger partial charge in [-0.25, -0.2) is 19.9 Å². The monoisotopic (exact) mass is 332 g/mol. The number of nitrogens with zero attached hydrogens (tertiary/aromatic N) is 3. The number of amides is 2. The lowest BCUT2D eigenvalue weighted by Crippen LogP contribution is -2.48. The first-order valence-corrected chi connectivity index (χ1v) is 6.98. The number of aliphatic carboxylic acids is 1. The molecule has 1 aromatic carbocycles. The van der Waals surface area contributed by atoms with E-state index in [9.17, 15) is 9.59 Å². The molecule has 126 valence electrons. The maximum absolute atomic E-state index is 12.2. The lowest BCUT2D eigenvalue weighted by atomic mass is 10.1. The van der Waals surface area contributed by atoms with Crippen molar-refractivity contribution in [1.29, 1.82) is 5.26 Å². The van der Waals surface area contributed by atoms with Crippen molar-refractivity contribution in [3.63, 3.8) is 0 Å². The van der Waals surface area contributed by atoms with E-state index in [1.165, 1.54) is 13.2 Å². The number of carbonyl (C=O) groups is 2. The summed E-state index contributed by atoms with van der Waals surface area (Å²) in [6.07, 6.45) is 0.881. The average molecular weight is 332 g/mol. The molecule has 0 aromatic heterocycles. The van der Waals surface area contributed by atoms with E-state index in [1.54, 1.807) is 31.2 Å². The Morgan fingerprint density at radius 2 is 2.12 bits per heavy atom. The minimum atomic E-state index is -1.23. The molecule has 0 fully saturated rings. The molecule has 2 rings (SSSR count). The van der Waals surface area contributed by atoms with Crippen LogP contribution in [0, 0.1) is 11.3 Å². The van der Waals surface area contributed by atoms with Crippen molar-refractivity contribution >= 4 is 12.0 Å². The van der Waals surface area contributed by atoms with Crippen molar-refractivity contribution in [3.8, 4) is 6.07 Å². The minimum absolute atomic E-state index is 0.101. The Morgan fingerprint density at radius 3 is 2.67 bits per heavy atom. The van der Waals surface area contributed by atoms with Gasteiger partial charge in [-0.05, 0) is 30.7 Å². The van der Waals surface area contributed by atoms with Crippen LogP contribution in [0.3, 0.4) is 0 Å². The molecule has 1 atom stereocenters. The first kappa shape index (κ1) is 17.3. The van der Waals surface area contributed by atoms with Gasteiger partial charge in [0.05, 0.1) is 25.3 Å². The van der Waals surface area contributed by atoms with E-state index in [0.29, 0.717) is 5.56 Å². The smallest absolute Gasteiger partial charge is 0.362 e. The number of carboxylic acid groups (broad SMARTS) is 1. The van der Waals surface area contributed by atoms with Crippen LogP contribution < -0.4 is 5.43 Å². The lowest BCUT2D eigenvalue weighted by molar-refractivity contribution is -0.178. The van der Waals surface area contributed by atoms with Crippen LogP contribution in [0.4, 0.5) is 4.79 Å². The predicted octanol–water partition coefficient (Wildman–Crippen LogP) is 1.15. The van der Waals surface area contributed by atoms with Gasteiger partial charge >= 0.3 is 12.0 Å². The quantitative estimate of drug-likeness (QED) is 0.777. The van der Waals surface area contributed by atoms with Crippen LogP contribution in [-0.4, -0.2) is 40.6 Å². The molecule has 2 N–H and O–H groups in total. The van der Waals surface area contributed by atoms with E-state index in [-0.39, 0.29) is 12.2 Å². The number of hydrazine groups is 1. The third-order valence-corrected chi connectivity index (χ3v) is 3.16. The second-order valence-corrected chi connectivity index (χ2v) is 4.91. The van der Waals surface area contributed by atoms with E-state index < -0.39 is 18.1 Å². The second-order valence-electron chi connectivity index (χ2n) is 4.91. The van der Waals surface area contributed by atoms with E-state index >= 15 is 0 Å². The minimum Gasteiger partial charge on any atom is -0.476 e. The van der Waals surface area contributed by atoms with Crippen LogP contribution in [0.2, 0.25) is 0 Å². The lowest BCUT2D eigenvalue weighted by Gasteiger charge is -2.25. The molecule has 1 aliphatic heterocycles.